The van der Waals surface area contributed by atoms with E-state index >= 15 is 0 Å². The highest BCUT2D eigenvalue weighted by Gasteiger charge is 2.09. The van der Waals surface area contributed by atoms with Gasteiger partial charge in [-0.25, -0.2) is 0 Å². The van der Waals surface area contributed by atoms with E-state index in [1.165, 1.54) is 84.5 Å². The highest BCUT2D eigenvalue weighted by atomic mass is 31.1. The third-order valence-corrected chi connectivity index (χ3v) is 5.99. The van der Waals surface area contributed by atoms with Gasteiger partial charge in [-0.05, 0) is 36.6 Å². The first-order valence-corrected chi connectivity index (χ1v) is 9.51. The Morgan fingerprint density at radius 1 is 0.789 bits per heavy atom. The van der Waals surface area contributed by atoms with Crippen molar-refractivity contribution >= 4 is 8.58 Å². The summed E-state index contributed by atoms with van der Waals surface area (Å²) < 4.78 is 0. The Kier molecular flexibility index (Phi) is 7.55. The first-order valence-electron chi connectivity index (χ1n) is 8.22. The minimum atomic E-state index is 1.04. The molecule has 106 valence electrons. The lowest BCUT2D eigenvalue weighted by Crippen LogP contribution is -2.04. The second-order valence-corrected chi connectivity index (χ2v) is 7.66. The average Bonchev–Trinajstić information content (AvgIpc) is 2.47. The number of benzene rings is 1. The Balaban J connectivity index is 1.67. The molecular formula is C18H29P. The van der Waals surface area contributed by atoms with Crippen LogP contribution in [0.25, 0.3) is 0 Å². The van der Waals surface area contributed by atoms with Gasteiger partial charge in [0.2, 0.25) is 0 Å². The maximum absolute atomic E-state index is 2.28. The van der Waals surface area contributed by atoms with Crippen LogP contribution in [0.1, 0.15) is 63.4 Å². The molecule has 1 fully saturated rings. The van der Waals surface area contributed by atoms with Gasteiger partial charge in [-0.1, -0.05) is 75.3 Å². The molecular weight excluding hydrogens is 247 g/mol. The molecule has 19 heavy (non-hydrogen) atoms. The van der Waals surface area contributed by atoms with Crippen LogP contribution in [0.4, 0.5) is 0 Å². The molecule has 0 radical (unpaired) electrons. The maximum atomic E-state index is 2.28. The molecule has 1 aliphatic carbocycles. The minimum absolute atomic E-state index is 1.04. The normalized spacial score (nSPS) is 19.8. The van der Waals surface area contributed by atoms with E-state index in [1.807, 2.05) is 0 Å². The van der Waals surface area contributed by atoms with E-state index in [0.29, 0.717) is 0 Å². The van der Waals surface area contributed by atoms with E-state index in [2.05, 4.69) is 30.3 Å². The van der Waals surface area contributed by atoms with E-state index in [4.69, 9.17) is 0 Å². The smallest absolute Gasteiger partial charge is 0.0237 e. The summed E-state index contributed by atoms with van der Waals surface area (Å²) in [7, 11) is 1.19. The van der Waals surface area contributed by atoms with Gasteiger partial charge in [-0.15, -0.1) is 8.58 Å². The molecule has 1 aromatic rings. The fourth-order valence-corrected chi connectivity index (χ4v) is 4.74. The minimum Gasteiger partial charge on any atom is -0.119 e. The summed E-state index contributed by atoms with van der Waals surface area (Å²) in [4.78, 5) is 0. The molecule has 1 unspecified atom stereocenters. The maximum Gasteiger partial charge on any atom is -0.0237 e. The van der Waals surface area contributed by atoms with E-state index in [-0.39, 0.29) is 0 Å². The predicted octanol–water partition coefficient (Wildman–Crippen LogP) is 5.80. The fraction of sp³-hybridized carbons (Fsp3) is 0.667. The summed E-state index contributed by atoms with van der Waals surface area (Å²) in [5, 5.41) is 0. The standard InChI is InChI=1S/C18H29P/c1-2-4-9-13-18(14-10-5-3-1)19-16-15-17-11-7-6-8-12-17/h6-8,11-12,18-19H,1-5,9-10,13-16H2. The molecule has 0 nitrogen and oxygen atoms in total. The zero-order chi connectivity index (χ0) is 13.2. The van der Waals surface area contributed by atoms with Crippen molar-refractivity contribution in [1.82, 2.24) is 0 Å². The van der Waals surface area contributed by atoms with Crippen molar-refractivity contribution in [3.05, 3.63) is 35.9 Å². The largest absolute Gasteiger partial charge is 0.119 e. The molecule has 0 aliphatic heterocycles. The van der Waals surface area contributed by atoms with Gasteiger partial charge < -0.3 is 0 Å². The van der Waals surface area contributed by atoms with Crippen LogP contribution in [-0.4, -0.2) is 11.8 Å². The van der Waals surface area contributed by atoms with Gasteiger partial charge in [0.1, 0.15) is 0 Å². The van der Waals surface area contributed by atoms with Crippen molar-refractivity contribution in [2.24, 2.45) is 0 Å². The van der Waals surface area contributed by atoms with Crippen molar-refractivity contribution in [3.8, 4) is 0 Å². The van der Waals surface area contributed by atoms with Crippen LogP contribution in [0.5, 0.6) is 0 Å². The summed E-state index contributed by atoms with van der Waals surface area (Å²) in [6.45, 7) is 0. The van der Waals surface area contributed by atoms with Gasteiger partial charge in [0, 0.05) is 0 Å². The zero-order valence-electron chi connectivity index (χ0n) is 12.2. The summed E-state index contributed by atoms with van der Waals surface area (Å²) in [6, 6.07) is 11.0. The molecule has 0 saturated heterocycles. The summed E-state index contributed by atoms with van der Waals surface area (Å²) in [6.07, 6.45) is 16.1. The quantitative estimate of drug-likeness (QED) is 0.610. The lowest BCUT2D eigenvalue weighted by atomic mass is 10.0. The van der Waals surface area contributed by atoms with Crippen molar-refractivity contribution in [3.63, 3.8) is 0 Å². The van der Waals surface area contributed by atoms with Crippen molar-refractivity contribution < 1.29 is 0 Å². The summed E-state index contributed by atoms with van der Waals surface area (Å²) >= 11 is 0. The average molecular weight is 276 g/mol. The lowest BCUT2D eigenvalue weighted by molar-refractivity contribution is 0.509. The highest BCUT2D eigenvalue weighted by Crippen LogP contribution is 2.30. The van der Waals surface area contributed by atoms with Gasteiger partial charge in [0.05, 0.1) is 0 Å². The van der Waals surface area contributed by atoms with Crippen LogP contribution in [0.15, 0.2) is 30.3 Å². The molecule has 0 N–H and O–H groups in total. The Morgan fingerprint density at radius 3 is 2.00 bits per heavy atom. The van der Waals surface area contributed by atoms with Crippen LogP contribution < -0.4 is 0 Å². The predicted molar refractivity (Wildman–Crippen MR) is 88.7 cm³/mol. The van der Waals surface area contributed by atoms with Gasteiger partial charge in [0.25, 0.3) is 0 Å². The van der Waals surface area contributed by atoms with Crippen LogP contribution in [-0.2, 0) is 6.42 Å². The fourth-order valence-electron chi connectivity index (χ4n) is 3.08. The van der Waals surface area contributed by atoms with E-state index in [1.54, 1.807) is 0 Å². The van der Waals surface area contributed by atoms with Crippen molar-refractivity contribution in [2.45, 2.75) is 69.9 Å². The molecule has 1 aliphatic rings. The van der Waals surface area contributed by atoms with Gasteiger partial charge in [-0.3, -0.25) is 0 Å². The monoisotopic (exact) mass is 276 g/mol. The molecule has 0 spiro atoms. The van der Waals surface area contributed by atoms with Crippen LogP contribution in [0.2, 0.25) is 0 Å². The number of hydrogen-bond acceptors (Lipinski definition) is 0. The molecule has 0 bridgehead atoms. The third-order valence-electron chi connectivity index (χ3n) is 4.29. The van der Waals surface area contributed by atoms with E-state index in [0.717, 1.165) is 5.66 Å². The topological polar surface area (TPSA) is 0 Å². The Morgan fingerprint density at radius 2 is 1.37 bits per heavy atom. The summed E-state index contributed by atoms with van der Waals surface area (Å²) in [5.41, 5.74) is 2.57. The second kappa shape index (κ2) is 9.54. The second-order valence-electron chi connectivity index (χ2n) is 5.94. The van der Waals surface area contributed by atoms with Crippen LogP contribution in [0.3, 0.4) is 0 Å². The van der Waals surface area contributed by atoms with E-state index in [9.17, 15) is 0 Å². The summed E-state index contributed by atoms with van der Waals surface area (Å²) in [5.74, 6) is 0. The van der Waals surface area contributed by atoms with Gasteiger partial charge in [0.15, 0.2) is 0 Å². The lowest BCUT2D eigenvalue weighted by Gasteiger charge is -2.18. The van der Waals surface area contributed by atoms with E-state index < -0.39 is 0 Å². The molecule has 0 amide bonds. The molecule has 1 aromatic carbocycles. The van der Waals surface area contributed by atoms with Crippen LogP contribution in [0, 0.1) is 0 Å². The first kappa shape index (κ1) is 15.0. The van der Waals surface area contributed by atoms with Gasteiger partial charge in [-0.2, -0.15) is 0 Å². The Bertz CT molecular complexity index is 310. The first-order chi connectivity index (χ1) is 9.45. The number of hydrogen-bond donors (Lipinski definition) is 0. The SMILES string of the molecule is c1ccc(CCPC2CCCCCCCCC2)cc1. The molecule has 0 heterocycles. The molecule has 2 rings (SSSR count). The molecule has 1 atom stereocenters. The highest BCUT2D eigenvalue weighted by molar-refractivity contribution is 7.38. The zero-order valence-corrected chi connectivity index (χ0v) is 13.2. The third kappa shape index (κ3) is 6.57. The van der Waals surface area contributed by atoms with Gasteiger partial charge >= 0.3 is 0 Å². The molecule has 1 heteroatoms. The van der Waals surface area contributed by atoms with Crippen LogP contribution >= 0.6 is 8.58 Å². The Labute approximate surface area is 121 Å². The Hall–Kier alpha value is -0.350. The van der Waals surface area contributed by atoms with Crippen molar-refractivity contribution in [1.29, 1.82) is 0 Å². The molecule has 1 saturated carbocycles. The molecule has 0 aromatic heterocycles. The van der Waals surface area contributed by atoms with Crippen molar-refractivity contribution in [2.75, 3.05) is 6.16 Å². The number of aryl methyl sites for hydroxylation is 1. The number of rotatable bonds is 4.